The minimum atomic E-state index is 0.325. The van der Waals surface area contributed by atoms with Crippen LogP contribution in [0, 0.1) is 0 Å². The smallest absolute Gasteiger partial charge is 0.193 e. The minimum Gasteiger partial charge on any atom is -0.379 e. The number of rotatable bonds is 6. The fourth-order valence-corrected chi connectivity index (χ4v) is 1.92. The first kappa shape index (κ1) is 14.3. The van der Waals surface area contributed by atoms with Gasteiger partial charge < -0.3 is 15.0 Å². The first-order valence-electron chi connectivity index (χ1n) is 6.89. The monoisotopic (exact) mass is 241 g/mol. The molecular weight excluding hydrogens is 214 g/mol. The molecule has 4 heteroatoms. The molecule has 0 spiro atoms. The van der Waals surface area contributed by atoms with E-state index < -0.39 is 0 Å². The number of ether oxygens (including phenoxy) is 1. The highest BCUT2D eigenvalue weighted by atomic mass is 16.5. The van der Waals surface area contributed by atoms with Crippen LogP contribution in [-0.4, -0.2) is 49.7 Å². The summed E-state index contributed by atoms with van der Waals surface area (Å²) < 4.78 is 5.51. The lowest BCUT2D eigenvalue weighted by Crippen LogP contribution is -2.39. The molecule has 4 nitrogen and oxygen atoms in total. The maximum Gasteiger partial charge on any atom is 0.193 e. The summed E-state index contributed by atoms with van der Waals surface area (Å²) >= 11 is 0. The van der Waals surface area contributed by atoms with Gasteiger partial charge in [-0.3, -0.25) is 4.99 Å². The van der Waals surface area contributed by atoms with Crippen LogP contribution in [0.2, 0.25) is 0 Å². The van der Waals surface area contributed by atoms with E-state index in [9.17, 15) is 0 Å². The van der Waals surface area contributed by atoms with Crippen molar-refractivity contribution in [1.82, 2.24) is 10.2 Å². The van der Waals surface area contributed by atoms with Crippen molar-refractivity contribution in [2.75, 3.05) is 32.8 Å². The third kappa shape index (κ3) is 5.91. The number of hydrogen-bond acceptors (Lipinski definition) is 2. The van der Waals surface area contributed by atoms with E-state index in [0.717, 1.165) is 45.2 Å². The van der Waals surface area contributed by atoms with Gasteiger partial charge in [0.1, 0.15) is 0 Å². The lowest BCUT2D eigenvalue weighted by molar-refractivity contribution is 0.0782. The lowest BCUT2D eigenvalue weighted by atomic mass is 10.4. The van der Waals surface area contributed by atoms with Gasteiger partial charge in [-0.25, -0.2) is 0 Å². The second-order valence-corrected chi connectivity index (χ2v) is 4.70. The molecule has 0 amide bonds. The summed E-state index contributed by atoms with van der Waals surface area (Å²) in [5.41, 5.74) is 0. The number of nitrogens with one attached hydrogen (secondary N) is 1. The van der Waals surface area contributed by atoms with Crippen molar-refractivity contribution in [1.29, 1.82) is 0 Å². The topological polar surface area (TPSA) is 36.9 Å². The van der Waals surface area contributed by atoms with Crippen molar-refractivity contribution in [2.45, 2.75) is 46.1 Å². The van der Waals surface area contributed by atoms with Crippen molar-refractivity contribution in [3.63, 3.8) is 0 Å². The lowest BCUT2D eigenvalue weighted by Gasteiger charge is -2.20. The van der Waals surface area contributed by atoms with Crippen LogP contribution in [0.25, 0.3) is 0 Å². The molecule has 0 aromatic heterocycles. The van der Waals surface area contributed by atoms with Gasteiger partial charge in [-0.05, 0) is 40.0 Å². The van der Waals surface area contributed by atoms with Crippen LogP contribution in [0.5, 0.6) is 0 Å². The average Bonchev–Trinajstić information content (AvgIpc) is 2.80. The number of aliphatic imine (C=N–C) groups is 1. The molecule has 17 heavy (non-hydrogen) atoms. The Balaban J connectivity index is 2.25. The molecule has 1 N–H and O–H groups in total. The van der Waals surface area contributed by atoms with Crippen LogP contribution in [0.4, 0.5) is 0 Å². The quantitative estimate of drug-likeness (QED) is 0.438. The van der Waals surface area contributed by atoms with Crippen LogP contribution in [0.15, 0.2) is 4.99 Å². The normalized spacial score (nSPS) is 16.9. The van der Waals surface area contributed by atoms with E-state index in [-0.39, 0.29) is 0 Å². The van der Waals surface area contributed by atoms with Crippen LogP contribution in [0.1, 0.15) is 40.0 Å². The summed E-state index contributed by atoms with van der Waals surface area (Å²) in [6.45, 7) is 11.1. The van der Waals surface area contributed by atoms with Crippen LogP contribution in [-0.2, 0) is 4.74 Å². The van der Waals surface area contributed by atoms with E-state index in [1.807, 2.05) is 0 Å². The third-order valence-electron chi connectivity index (χ3n) is 2.76. The molecule has 0 aromatic carbocycles. The Morgan fingerprint density at radius 3 is 2.65 bits per heavy atom. The molecule has 0 atom stereocenters. The van der Waals surface area contributed by atoms with Gasteiger partial charge in [0.05, 0.1) is 6.10 Å². The Bertz CT molecular complexity index is 223. The number of guanidine groups is 1. The summed E-state index contributed by atoms with van der Waals surface area (Å²) in [7, 11) is 0. The Morgan fingerprint density at radius 1 is 1.35 bits per heavy atom. The highest BCUT2D eigenvalue weighted by molar-refractivity contribution is 5.80. The predicted octanol–water partition coefficient (Wildman–Crippen LogP) is 1.86. The van der Waals surface area contributed by atoms with Gasteiger partial charge in [-0.2, -0.15) is 0 Å². The summed E-state index contributed by atoms with van der Waals surface area (Å²) in [5, 5.41) is 3.36. The van der Waals surface area contributed by atoms with E-state index in [1.54, 1.807) is 0 Å². The second kappa shape index (κ2) is 8.34. The minimum absolute atomic E-state index is 0.325. The molecule has 0 unspecified atom stereocenters. The summed E-state index contributed by atoms with van der Waals surface area (Å²) in [5.74, 6) is 1.08. The van der Waals surface area contributed by atoms with Crippen molar-refractivity contribution >= 4 is 5.96 Å². The van der Waals surface area contributed by atoms with Crippen molar-refractivity contribution in [3.8, 4) is 0 Å². The molecule has 1 saturated heterocycles. The van der Waals surface area contributed by atoms with Crippen molar-refractivity contribution in [2.24, 2.45) is 4.99 Å². The average molecular weight is 241 g/mol. The van der Waals surface area contributed by atoms with E-state index in [0.29, 0.717) is 6.10 Å². The summed E-state index contributed by atoms with van der Waals surface area (Å²) in [4.78, 5) is 7.00. The largest absolute Gasteiger partial charge is 0.379 e. The zero-order chi connectivity index (χ0) is 12.5. The SMILES string of the molecule is CCNC(=NCCCOC(C)C)N1CCCC1. The molecule has 0 radical (unpaired) electrons. The van der Waals surface area contributed by atoms with E-state index in [2.05, 4.69) is 36.0 Å². The predicted molar refractivity (Wildman–Crippen MR) is 72.5 cm³/mol. The zero-order valence-corrected chi connectivity index (χ0v) is 11.5. The Hall–Kier alpha value is -0.770. The van der Waals surface area contributed by atoms with Gasteiger partial charge >= 0.3 is 0 Å². The van der Waals surface area contributed by atoms with Crippen LogP contribution >= 0.6 is 0 Å². The van der Waals surface area contributed by atoms with E-state index >= 15 is 0 Å². The highest BCUT2D eigenvalue weighted by Gasteiger charge is 2.14. The number of nitrogens with zero attached hydrogens (tertiary/aromatic N) is 2. The molecule has 1 aliphatic heterocycles. The maximum atomic E-state index is 5.51. The van der Waals surface area contributed by atoms with Gasteiger partial charge in [0.25, 0.3) is 0 Å². The van der Waals surface area contributed by atoms with Gasteiger partial charge in [-0.1, -0.05) is 0 Å². The van der Waals surface area contributed by atoms with Gasteiger partial charge in [0.2, 0.25) is 0 Å². The molecule has 1 aliphatic rings. The molecule has 1 rings (SSSR count). The molecular formula is C13H27N3O. The summed E-state index contributed by atoms with van der Waals surface area (Å²) in [6.07, 6.45) is 3.91. The molecule has 0 saturated carbocycles. The number of likely N-dealkylation sites (tertiary alicyclic amines) is 1. The Morgan fingerprint density at radius 2 is 2.06 bits per heavy atom. The number of hydrogen-bond donors (Lipinski definition) is 1. The fraction of sp³-hybridized carbons (Fsp3) is 0.923. The van der Waals surface area contributed by atoms with Gasteiger partial charge in [0, 0.05) is 32.8 Å². The molecule has 100 valence electrons. The van der Waals surface area contributed by atoms with Crippen LogP contribution in [0.3, 0.4) is 0 Å². The van der Waals surface area contributed by atoms with E-state index in [1.165, 1.54) is 12.8 Å². The van der Waals surface area contributed by atoms with Gasteiger partial charge in [-0.15, -0.1) is 0 Å². The first-order chi connectivity index (χ1) is 8.24. The summed E-state index contributed by atoms with van der Waals surface area (Å²) in [6, 6.07) is 0. The first-order valence-corrected chi connectivity index (χ1v) is 6.89. The van der Waals surface area contributed by atoms with Crippen molar-refractivity contribution < 1.29 is 4.74 Å². The van der Waals surface area contributed by atoms with E-state index in [4.69, 9.17) is 4.74 Å². The zero-order valence-electron chi connectivity index (χ0n) is 11.5. The molecule has 0 aliphatic carbocycles. The molecule has 0 aromatic rings. The fourth-order valence-electron chi connectivity index (χ4n) is 1.92. The van der Waals surface area contributed by atoms with Crippen LogP contribution < -0.4 is 5.32 Å². The second-order valence-electron chi connectivity index (χ2n) is 4.70. The third-order valence-corrected chi connectivity index (χ3v) is 2.76. The Kier molecular flexibility index (Phi) is 7.01. The van der Waals surface area contributed by atoms with Gasteiger partial charge in [0.15, 0.2) is 5.96 Å². The standard InChI is InChI=1S/C13H27N3O/c1-4-14-13(16-9-5-6-10-16)15-8-7-11-17-12(2)3/h12H,4-11H2,1-3H3,(H,14,15). The molecule has 1 heterocycles. The Labute approximate surface area is 105 Å². The van der Waals surface area contributed by atoms with Crippen molar-refractivity contribution in [3.05, 3.63) is 0 Å². The molecule has 0 bridgehead atoms. The highest BCUT2D eigenvalue weighted by Crippen LogP contribution is 2.07. The maximum absolute atomic E-state index is 5.51. The molecule has 1 fully saturated rings.